The molecule has 0 aliphatic rings. The van der Waals surface area contributed by atoms with Crippen LogP contribution in [0.25, 0.3) is 0 Å². The predicted molar refractivity (Wildman–Crippen MR) is 545 cm³/mol. The van der Waals surface area contributed by atoms with Gasteiger partial charge in [-0.05, 0) is 165 Å². The summed E-state index contributed by atoms with van der Waals surface area (Å²) in [6.07, 6.45) is -4.48. The van der Waals surface area contributed by atoms with Gasteiger partial charge in [-0.25, -0.2) is 4.79 Å². The van der Waals surface area contributed by atoms with Crippen molar-refractivity contribution in [3.05, 3.63) is 35.9 Å². The van der Waals surface area contributed by atoms with E-state index >= 15 is 0 Å². The van der Waals surface area contributed by atoms with Gasteiger partial charge in [-0.3, -0.25) is 117 Å². The Morgan fingerprint density at radius 2 is 0.547 bits per heavy atom. The largest absolute Gasteiger partial charge is 0.480 e. The van der Waals surface area contributed by atoms with Crippen molar-refractivity contribution in [3.63, 3.8) is 0 Å². The van der Waals surface area contributed by atoms with Crippen molar-refractivity contribution in [1.82, 2.24) is 106 Å². The topological polar surface area (TPSA) is 1010 Å². The maximum Gasteiger partial charge on any atom is 0.326 e. The summed E-state index contributed by atoms with van der Waals surface area (Å²) in [5, 5.41) is 103. The highest BCUT2D eigenvalue weighted by Gasteiger charge is 2.41. The van der Waals surface area contributed by atoms with E-state index in [1.165, 1.54) is 20.8 Å². The fourth-order valence-electron chi connectivity index (χ4n) is 14.6. The summed E-state index contributed by atoms with van der Waals surface area (Å²) in [5.74, 6) is -27.2. The van der Waals surface area contributed by atoms with E-state index in [0.29, 0.717) is 12.0 Å². The van der Waals surface area contributed by atoms with Crippen molar-refractivity contribution in [2.24, 2.45) is 81.0 Å². The molecule has 0 bridgehead atoms. The molecule has 21 amide bonds. The molecular weight excluding hydrogens is 1970 g/mol. The molecule has 0 unspecified atom stereocenters. The van der Waals surface area contributed by atoms with Gasteiger partial charge in [-0.15, -0.1) is 0 Å². The number of carbonyl (C=O) groups is 22. The average Bonchev–Trinajstić information content (AvgIpc) is 0.813. The molecule has 1 aromatic carbocycles. The summed E-state index contributed by atoms with van der Waals surface area (Å²) in [7, 11) is 0. The van der Waals surface area contributed by atoms with Crippen LogP contribution in [-0.2, 0) is 112 Å². The standard InChI is InChI=1S/C92H161N33O25/c1-45(2)39-60(119-82(142)62(41-51-21-12-11-13-22-51)120-83(143)63(42-69(99)131)118-72(132)49(9)95)81(141)123-65(44-127)86(146)112-53(24-15-17-35-94)76(136)114-57(29-32-67(97)129)79(139)113-56(28-31-66(96)128)74(134)109-50(10)73(133)122-64(43-126)85(145)115-58(30-33-68(98)130)80(140)124-71(48(7)8)88(148)121-61(40-46(3)4)84(144)125-70(47(5)6)87(147)116-55(26-19-37-107-91(102)103)77(137)110-52(23-14-16-34-93)75(135)111-54(25-18-36-106-90(100)101)78(138)117-59(89(149)150)27-20-38-108-92(104)105/h11-13,21-22,45-50,52-65,70-71,126-127H,14-20,23-44,93-95H2,1-10H3,(H2,96,128)(H2,97,129)(H2,98,130)(H2,99,131)(H,109,134)(H,110,137)(H,111,135)(H,112,146)(H,113,139)(H,114,136)(H,115,145)(H,116,147)(H,117,138)(H,118,132)(H,119,142)(H,120,143)(H,121,148)(H,122,133)(H,123,141)(H,124,140)(H,125,144)(H,149,150)(H4,100,101,106)(H4,102,103,107)(H4,104,105,108)/t49-,50-,52-,53-,54-,55-,56-,57-,58-,59-,60-,61-,62-,63-,64-,65-,70-,71-/m0/s1. The Hall–Kier alpha value is -14.8. The third-order valence-electron chi connectivity index (χ3n) is 22.9. The molecule has 46 N–H and O–H groups in total. The lowest BCUT2D eigenvalue weighted by atomic mass is 9.97. The number of hydrogen-bond donors (Lipinski definition) is 36. The Bertz CT molecular complexity index is 4690. The van der Waals surface area contributed by atoms with Crippen molar-refractivity contribution in [1.29, 1.82) is 16.2 Å². The molecule has 58 heteroatoms. The maximum atomic E-state index is 14.7. The fourth-order valence-corrected chi connectivity index (χ4v) is 14.6. The van der Waals surface area contributed by atoms with Gasteiger partial charge in [0.25, 0.3) is 0 Å². The zero-order chi connectivity index (χ0) is 114. The number of guanidine groups is 3. The number of rotatable bonds is 76. The van der Waals surface area contributed by atoms with Gasteiger partial charge in [0.15, 0.2) is 17.9 Å². The molecule has 1 aromatic rings. The molecule has 844 valence electrons. The van der Waals surface area contributed by atoms with Gasteiger partial charge in [0.05, 0.1) is 25.7 Å². The van der Waals surface area contributed by atoms with E-state index in [4.69, 9.17) is 73.6 Å². The minimum Gasteiger partial charge on any atom is -0.480 e. The second kappa shape index (κ2) is 70.9. The SMILES string of the molecule is CC(C)C[C@H](NC(=O)[C@H](Cc1ccccc1)NC(=O)[C@H](CC(N)=O)NC(=O)[C@H](C)N)C(=O)N[C@@H](CO)C(=O)N[C@@H](CCCCN)C(=O)N[C@@H](CCC(N)=O)C(=O)N[C@@H](CCC(N)=O)C(=O)N[C@@H](C)C(=O)N[C@@H](CO)C(=O)N[C@@H](CCC(N)=O)C(=O)N[C@H](C(=O)N[C@@H](CC(C)C)C(=O)N[C@H](C(=O)N[C@@H](CCCNC(=N)N)C(=O)N[C@@H](CCCCN)C(=O)N[C@@H](CCCNC(=N)N)C(=O)N[C@@H](CCCNC(=N)N)C(=O)O)C(C)C)C(C)C. The van der Waals surface area contributed by atoms with Crippen LogP contribution in [0, 0.1) is 39.9 Å². The Balaban J connectivity index is 3.68. The number of nitrogens with one attached hydrogen (secondary N) is 23. The van der Waals surface area contributed by atoms with Crippen LogP contribution < -0.4 is 164 Å². The van der Waals surface area contributed by atoms with E-state index < -0.39 is 321 Å². The van der Waals surface area contributed by atoms with Crippen LogP contribution in [0.4, 0.5) is 0 Å². The number of unbranched alkanes of at least 4 members (excludes halogenated alkanes) is 2. The maximum absolute atomic E-state index is 14.7. The number of benzene rings is 1. The fraction of sp³-hybridized carbons (Fsp3) is 0.663. The molecule has 150 heavy (non-hydrogen) atoms. The van der Waals surface area contributed by atoms with Crippen molar-refractivity contribution < 1.29 is 121 Å². The lowest BCUT2D eigenvalue weighted by molar-refractivity contribution is -0.142. The molecule has 0 heterocycles. The van der Waals surface area contributed by atoms with Crippen LogP contribution in [0.1, 0.15) is 210 Å². The number of amides is 21. The zero-order valence-corrected chi connectivity index (χ0v) is 86.7. The van der Waals surface area contributed by atoms with E-state index in [9.17, 15) is 121 Å². The van der Waals surface area contributed by atoms with Crippen molar-refractivity contribution in [3.8, 4) is 0 Å². The first kappa shape index (κ1) is 133. The number of aliphatic hydroxyl groups excluding tert-OH is 2. The van der Waals surface area contributed by atoms with Crippen LogP contribution >= 0.6 is 0 Å². The highest BCUT2D eigenvalue weighted by Crippen LogP contribution is 2.18. The smallest absolute Gasteiger partial charge is 0.326 e. The molecule has 0 aliphatic carbocycles. The number of carbonyl (C=O) groups excluding carboxylic acids is 21. The van der Waals surface area contributed by atoms with Gasteiger partial charge in [-0.2, -0.15) is 0 Å². The number of nitrogens with two attached hydrogens (primary N) is 10. The van der Waals surface area contributed by atoms with E-state index in [1.807, 2.05) is 0 Å². The molecule has 0 saturated carbocycles. The minimum atomic E-state index is -2.00. The summed E-state index contributed by atoms with van der Waals surface area (Å²) in [4.78, 5) is 303. The number of carboxylic acid groups (broad SMARTS) is 1. The molecule has 0 aromatic heterocycles. The summed E-state index contributed by atoms with van der Waals surface area (Å²) in [6.45, 7) is 13.1. The minimum absolute atomic E-state index is 0.00847. The van der Waals surface area contributed by atoms with Gasteiger partial charge in [0, 0.05) is 45.3 Å². The van der Waals surface area contributed by atoms with Gasteiger partial charge in [0.2, 0.25) is 124 Å². The van der Waals surface area contributed by atoms with Crippen molar-refractivity contribution >= 4 is 148 Å². The zero-order valence-electron chi connectivity index (χ0n) is 86.7. The van der Waals surface area contributed by atoms with Crippen molar-refractivity contribution in [2.75, 3.05) is 45.9 Å². The molecular formula is C92H161N33O25. The molecule has 0 fully saturated rings. The Labute approximate surface area is 869 Å². The van der Waals surface area contributed by atoms with E-state index in [0.717, 1.165) is 6.92 Å². The highest BCUT2D eigenvalue weighted by molar-refractivity contribution is 6.03. The van der Waals surface area contributed by atoms with Gasteiger partial charge in [0.1, 0.15) is 103 Å². The Kier molecular flexibility index (Phi) is 63.0. The van der Waals surface area contributed by atoms with Crippen LogP contribution in [0.15, 0.2) is 30.3 Å². The molecule has 0 spiro atoms. The summed E-state index contributed by atoms with van der Waals surface area (Å²) >= 11 is 0. The van der Waals surface area contributed by atoms with E-state index in [-0.39, 0.29) is 140 Å². The molecule has 1 rings (SSSR count). The number of aliphatic hydroxyl groups is 2. The number of carboxylic acids is 1. The number of hydrogen-bond acceptors (Lipinski definition) is 30. The molecule has 58 nitrogen and oxygen atoms in total. The average molecular weight is 2130 g/mol. The molecule has 18 atom stereocenters. The first-order valence-corrected chi connectivity index (χ1v) is 49.6. The normalized spacial score (nSPS) is 14.7. The van der Waals surface area contributed by atoms with Crippen LogP contribution in [0.5, 0.6) is 0 Å². The first-order chi connectivity index (χ1) is 70.4. The van der Waals surface area contributed by atoms with Crippen LogP contribution in [0.2, 0.25) is 0 Å². The lowest BCUT2D eigenvalue weighted by Crippen LogP contribution is -2.62. The van der Waals surface area contributed by atoms with Crippen LogP contribution in [-0.4, -0.2) is 318 Å². The monoisotopic (exact) mass is 2130 g/mol. The third kappa shape index (κ3) is 54.2. The Morgan fingerprint density at radius 1 is 0.287 bits per heavy atom. The van der Waals surface area contributed by atoms with Gasteiger partial charge in [-0.1, -0.05) is 85.7 Å². The quantitative estimate of drug-likeness (QED) is 0.0164. The summed E-state index contributed by atoms with van der Waals surface area (Å²) in [5.41, 5.74) is 55.9. The molecule has 0 aliphatic heterocycles. The van der Waals surface area contributed by atoms with E-state index in [2.05, 4.69) is 106 Å². The number of aliphatic carboxylic acids is 1. The first-order valence-electron chi connectivity index (χ1n) is 49.6. The van der Waals surface area contributed by atoms with Gasteiger partial charge >= 0.3 is 5.97 Å². The van der Waals surface area contributed by atoms with Crippen LogP contribution in [0.3, 0.4) is 0 Å². The third-order valence-corrected chi connectivity index (χ3v) is 22.9. The molecule has 0 radical (unpaired) electrons. The number of primary amides is 4. The highest BCUT2D eigenvalue weighted by atomic mass is 16.4. The molecule has 0 saturated heterocycles. The van der Waals surface area contributed by atoms with E-state index in [1.54, 1.807) is 71.9 Å². The van der Waals surface area contributed by atoms with Gasteiger partial charge < -0.3 is 179 Å². The van der Waals surface area contributed by atoms with Crippen molar-refractivity contribution in [2.45, 2.75) is 319 Å². The summed E-state index contributed by atoms with van der Waals surface area (Å²) < 4.78 is 0. The second-order valence-corrected chi connectivity index (χ2v) is 37.7. The lowest BCUT2D eigenvalue weighted by Gasteiger charge is -2.30. The Morgan fingerprint density at radius 3 is 0.867 bits per heavy atom. The second-order valence-electron chi connectivity index (χ2n) is 37.7. The predicted octanol–water partition coefficient (Wildman–Crippen LogP) is -12.0. The summed E-state index contributed by atoms with van der Waals surface area (Å²) in [6, 6.07) is -20.8.